The second-order valence-corrected chi connectivity index (χ2v) is 6.21. The molecule has 0 aromatic heterocycles. The second kappa shape index (κ2) is 4.73. The molecule has 0 aliphatic heterocycles. The van der Waals surface area contributed by atoms with E-state index in [9.17, 15) is 4.79 Å². The Morgan fingerprint density at radius 3 is 2.47 bits per heavy atom. The first-order chi connectivity index (χ1) is 7.96. The molecule has 3 heteroatoms. The fraction of sp³-hybridized carbons (Fsp3) is 0.429. The molecule has 1 aliphatic carbocycles. The summed E-state index contributed by atoms with van der Waals surface area (Å²) in [6.45, 7) is 4.28. The number of aliphatic imine (C=N–C) groups is 1. The van der Waals surface area contributed by atoms with E-state index in [-0.39, 0.29) is 11.2 Å². The largest absolute Gasteiger partial charge is 0.293 e. The third-order valence-electron chi connectivity index (χ3n) is 3.09. The first kappa shape index (κ1) is 12.5. The van der Waals surface area contributed by atoms with Crippen molar-refractivity contribution in [1.82, 2.24) is 0 Å². The Morgan fingerprint density at radius 2 is 1.88 bits per heavy atom. The molecule has 0 atom stereocenters. The second-order valence-electron chi connectivity index (χ2n) is 5.30. The number of ketones is 1. The van der Waals surface area contributed by atoms with E-state index in [2.05, 4.69) is 34.8 Å². The Hall–Kier alpha value is -0.960. The summed E-state index contributed by atoms with van der Waals surface area (Å²) in [6.07, 6.45) is 2.44. The highest BCUT2D eigenvalue weighted by Gasteiger charge is 2.30. The first-order valence-corrected chi connectivity index (χ1v) is 6.62. The van der Waals surface area contributed by atoms with Crippen LogP contribution in [-0.4, -0.2) is 11.5 Å². The fourth-order valence-electron chi connectivity index (χ4n) is 2.01. The third kappa shape index (κ3) is 3.25. The van der Waals surface area contributed by atoms with E-state index in [0.29, 0.717) is 6.42 Å². The number of hydrogen-bond acceptors (Lipinski definition) is 2. The van der Waals surface area contributed by atoms with Crippen LogP contribution in [0, 0.1) is 5.41 Å². The summed E-state index contributed by atoms with van der Waals surface area (Å²) >= 11 is 3.38. The molecule has 17 heavy (non-hydrogen) atoms. The average Bonchev–Trinajstić information content (AvgIpc) is 2.24. The number of carbonyl (C=O) groups is 1. The van der Waals surface area contributed by atoms with E-state index in [1.807, 2.05) is 24.3 Å². The summed E-state index contributed by atoms with van der Waals surface area (Å²) < 4.78 is 1.03. The molecule has 2 nitrogen and oxygen atoms in total. The summed E-state index contributed by atoms with van der Waals surface area (Å²) in [4.78, 5) is 16.4. The molecule has 90 valence electrons. The van der Waals surface area contributed by atoms with Crippen LogP contribution >= 0.6 is 15.9 Å². The van der Waals surface area contributed by atoms with E-state index < -0.39 is 0 Å². The number of carbonyl (C=O) groups excluding carboxylic acids is 1. The van der Waals surface area contributed by atoms with Crippen LogP contribution in [0.4, 0.5) is 5.69 Å². The van der Waals surface area contributed by atoms with Gasteiger partial charge in [0.2, 0.25) is 0 Å². The van der Waals surface area contributed by atoms with E-state index in [1.165, 1.54) is 0 Å². The van der Waals surface area contributed by atoms with Gasteiger partial charge in [0.1, 0.15) is 0 Å². The standard InChI is InChI=1S/C14H16BrNO/c1-14(2)8-7-12(13(17)9-14)16-11-5-3-10(15)4-6-11/h3-6H,7-9H2,1-2H3. The van der Waals surface area contributed by atoms with Gasteiger partial charge in [-0.05, 0) is 42.5 Å². The predicted molar refractivity (Wildman–Crippen MR) is 73.9 cm³/mol. The minimum absolute atomic E-state index is 0.135. The van der Waals surface area contributed by atoms with Crippen LogP contribution in [0.1, 0.15) is 33.1 Å². The van der Waals surface area contributed by atoms with Crippen LogP contribution in [0.25, 0.3) is 0 Å². The van der Waals surface area contributed by atoms with Crippen molar-refractivity contribution in [1.29, 1.82) is 0 Å². The lowest BCUT2D eigenvalue weighted by atomic mass is 9.76. The molecule has 0 N–H and O–H groups in total. The zero-order valence-corrected chi connectivity index (χ0v) is 11.8. The molecule has 0 spiro atoms. The molecular formula is C14H16BrNO. The SMILES string of the molecule is CC1(C)CCC(=Nc2ccc(Br)cc2)C(=O)C1. The quantitative estimate of drug-likeness (QED) is 0.759. The van der Waals surface area contributed by atoms with Crippen molar-refractivity contribution in [2.45, 2.75) is 33.1 Å². The highest BCUT2D eigenvalue weighted by molar-refractivity contribution is 9.10. The van der Waals surface area contributed by atoms with Gasteiger partial charge in [0.25, 0.3) is 0 Å². The zero-order valence-electron chi connectivity index (χ0n) is 10.2. The molecule has 0 saturated heterocycles. The maximum Gasteiger partial charge on any atom is 0.177 e. The summed E-state index contributed by atoms with van der Waals surface area (Å²) in [6, 6.07) is 7.72. The molecule has 1 fully saturated rings. The average molecular weight is 294 g/mol. The molecule has 1 aromatic rings. The summed E-state index contributed by atoms with van der Waals surface area (Å²) in [7, 11) is 0. The van der Waals surface area contributed by atoms with Gasteiger partial charge in [0.05, 0.1) is 11.4 Å². The number of rotatable bonds is 1. The van der Waals surface area contributed by atoms with Gasteiger partial charge in [-0.1, -0.05) is 29.8 Å². The Morgan fingerprint density at radius 1 is 1.24 bits per heavy atom. The van der Waals surface area contributed by atoms with Crippen molar-refractivity contribution in [3.63, 3.8) is 0 Å². The number of benzene rings is 1. The van der Waals surface area contributed by atoms with E-state index >= 15 is 0 Å². The van der Waals surface area contributed by atoms with Crippen molar-refractivity contribution < 1.29 is 4.79 Å². The number of Topliss-reactive ketones (excluding diaryl/α,β-unsaturated/α-hetero) is 1. The molecule has 0 unspecified atom stereocenters. The van der Waals surface area contributed by atoms with Gasteiger partial charge < -0.3 is 0 Å². The van der Waals surface area contributed by atoms with Crippen molar-refractivity contribution >= 4 is 33.1 Å². The predicted octanol–water partition coefficient (Wildman–Crippen LogP) is 4.30. The van der Waals surface area contributed by atoms with Crippen LogP contribution in [0.5, 0.6) is 0 Å². The molecule has 1 aliphatic rings. The van der Waals surface area contributed by atoms with Crippen LogP contribution in [-0.2, 0) is 4.79 Å². The normalized spacial score (nSPS) is 21.8. The highest BCUT2D eigenvalue weighted by atomic mass is 79.9. The lowest BCUT2D eigenvalue weighted by molar-refractivity contribution is -0.115. The van der Waals surface area contributed by atoms with E-state index in [1.54, 1.807) is 0 Å². The van der Waals surface area contributed by atoms with Gasteiger partial charge in [-0.2, -0.15) is 0 Å². The maximum atomic E-state index is 11.9. The summed E-state index contributed by atoms with van der Waals surface area (Å²) in [5.74, 6) is 0.198. The van der Waals surface area contributed by atoms with Gasteiger partial charge in [-0.3, -0.25) is 4.79 Å². The van der Waals surface area contributed by atoms with Crippen molar-refractivity contribution in [2.75, 3.05) is 0 Å². The monoisotopic (exact) mass is 293 g/mol. The Balaban J connectivity index is 2.18. The van der Waals surface area contributed by atoms with Gasteiger partial charge in [0.15, 0.2) is 5.78 Å². The highest BCUT2D eigenvalue weighted by Crippen LogP contribution is 2.32. The zero-order chi connectivity index (χ0) is 12.5. The van der Waals surface area contributed by atoms with Crippen LogP contribution < -0.4 is 0 Å². The number of hydrogen-bond donors (Lipinski definition) is 0. The topological polar surface area (TPSA) is 29.4 Å². The molecule has 0 heterocycles. The Kier molecular flexibility index (Phi) is 3.48. The van der Waals surface area contributed by atoms with Gasteiger partial charge >= 0.3 is 0 Å². The molecule has 0 radical (unpaired) electrons. The van der Waals surface area contributed by atoms with E-state index in [4.69, 9.17) is 0 Å². The lowest BCUT2D eigenvalue weighted by Crippen LogP contribution is -2.30. The minimum atomic E-state index is 0.135. The third-order valence-corrected chi connectivity index (χ3v) is 3.62. The van der Waals surface area contributed by atoms with Crippen molar-refractivity contribution in [3.8, 4) is 0 Å². The molecular weight excluding hydrogens is 278 g/mol. The molecule has 0 bridgehead atoms. The number of nitrogens with zero attached hydrogens (tertiary/aromatic N) is 1. The smallest absolute Gasteiger partial charge is 0.177 e. The van der Waals surface area contributed by atoms with Gasteiger partial charge in [0, 0.05) is 10.9 Å². The van der Waals surface area contributed by atoms with Crippen LogP contribution in [0.2, 0.25) is 0 Å². The Labute approximate surface area is 110 Å². The maximum absolute atomic E-state index is 11.9. The number of halogens is 1. The fourth-order valence-corrected chi connectivity index (χ4v) is 2.28. The van der Waals surface area contributed by atoms with Crippen molar-refractivity contribution in [3.05, 3.63) is 28.7 Å². The Bertz CT molecular complexity index is 460. The molecule has 1 saturated carbocycles. The minimum Gasteiger partial charge on any atom is -0.293 e. The molecule has 1 aromatic carbocycles. The lowest BCUT2D eigenvalue weighted by Gasteiger charge is -2.28. The van der Waals surface area contributed by atoms with Crippen LogP contribution in [0.3, 0.4) is 0 Å². The summed E-state index contributed by atoms with van der Waals surface area (Å²) in [5, 5.41) is 0. The molecule has 2 rings (SSSR count). The summed E-state index contributed by atoms with van der Waals surface area (Å²) in [5.41, 5.74) is 1.72. The van der Waals surface area contributed by atoms with Crippen LogP contribution in [0.15, 0.2) is 33.7 Å². The van der Waals surface area contributed by atoms with Gasteiger partial charge in [-0.15, -0.1) is 0 Å². The molecule has 0 amide bonds. The van der Waals surface area contributed by atoms with Crippen molar-refractivity contribution in [2.24, 2.45) is 10.4 Å². The van der Waals surface area contributed by atoms with Gasteiger partial charge in [-0.25, -0.2) is 4.99 Å². The first-order valence-electron chi connectivity index (χ1n) is 5.83. The van der Waals surface area contributed by atoms with E-state index in [0.717, 1.165) is 28.7 Å².